The molecule has 0 heterocycles. The van der Waals surface area contributed by atoms with Gasteiger partial charge in [-0.2, -0.15) is 0 Å². The number of aryl methyl sites for hydroxylation is 2. The fourth-order valence-corrected chi connectivity index (χ4v) is 3.33. The lowest BCUT2D eigenvalue weighted by molar-refractivity contribution is -0.116. The van der Waals surface area contributed by atoms with E-state index in [1.165, 1.54) is 0 Å². The number of hydrogen-bond acceptors (Lipinski definition) is 3. The number of benzene rings is 1. The molecule has 0 aliphatic carbocycles. The van der Waals surface area contributed by atoms with E-state index in [-0.39, 0.29) is 16.4 Å². The first-order valence-corrected chi connectivity index (χ1v) is 7.33. The predicted molar refractivity (Wildman–Crippen MR) is 67.9 cm³/mol. The first-order chi connectivity index (χ1) is 7.86. The molecule has 0 unspecified atom stereocenters. The van der Waals surface area contributed by atoms with E-state index >= 15 is 0 Å². The minimum Gasteiger partial charge on any atom is -0.299 e. The van der Waals surface area contributed by atoms with Crippen LogP contribution in [0.2, 0.25) is 0 Å². The van der Waals surface area contributed by atoms with Crippen molar-refractivity contribution in [2.75, 3.05) is 5.75 Å². The number of hydrogen-bond donors (Lipinski definition) is 0. The maximum Gasteiger partial charge on any atom is 0.185 e. The van der Waals surface area contributed by atoms with E-state index in [1.54, 1.807) is 19.1 Å². The van der Waals surface area contributed by atoms with Crippen molar-refractivity contribution in [1.82, 2.24) is 0 Å². The lowest BCUT2D eigenvalue weighted by Gasteiger charge is -2.08. The summed E-state index contributed by atoms with van der Waals surface area (Å²) < 4.78 is 24.1. The molecule has 0 aliphatic rings. The third-order valence-corrected chi connectivity index (χ3v) is 4.37. The number of ketones is 1. The van der Waals surface area contributed by atoms with E-state index < -0.39 is 9.84 Å². The van der Waals surface area contributed by atoms with Crippen LogP contribution in [-0.4, -0.2) is 20.0 Å². The van der Waals surface area contributed by atoms with Crippen LogP contribution < -0.4 is 0 Å². The highest BCUT2D eigenvalue weighted by Gasteiger charge is 2.20. The van der Waals surface area contributed by atoms with E-state index in [0.717, 1.165) is 5.56 Å². The van der Waals surface area contributed by atoms with Gasteiger partial charge in [0.15, 0.2) is 9.84 Å². The molecule has 4 heteroatoms. The van der Waals surface area contributed by atoms with Gasteiger partial charge in [-0.25, -0.2) is 8.42 Å². The van der Waals surface area contributed by atoms with Crippen LogP contribution in [-0.2, 0) is 14.6 Å². The Bertz CT molecular complexity index is 515. The molecule has 1 aromatic rings. The summed E-state index contributed by atoms with van der Waals surface area (Å²) in [4.78, 5) is 11.7. The summed E-state index contributed by atoms with van der Waals surface area (Å²) in [7, 11) is -3.48. The van der Waals surface area contributed by atoms with Crippen molar-refractivity contribution >= 4 is 15.6 Å². The van der Waals surface area contributed by atoms with Gasteiger partial charge >= 0.3 is 0 Å². The fraction of sp³-hybridized carbons (Fsp3) is 0.462. The molecule has 0 aliphatic heterocycles. The Kier molecular flexibility index (Phi) is 4.46. The van der Waals surface area contributed by atoms with Crippen LogP contribution in [0.5, 0.6) is 0 Å². The lowest BCUT2D eigenvalue weighted by atomic mass is 10.2. The lowest BCUT2D eigenvalue weighted by Crippen LogP contribution is -2.16. The summed E-state index contributed by atoms with van der Waals surface area (Å²) in [5.74, 6) is -0.598. The van der Waals surface area contributed by atoms with Crippen molar-refractivity contribution in [2.24, 2.45) is 0 Å². The molecule has 0 fully saturated rings. The molecule has 0 N–H and O–H groups in total. The number of rotatable bonds is 5. The second kappa shape index (κ2) is 5.45. The Morgan fingerprint density at radius 1 is 1.24 bits per heavy atom. The molecule has 0 atom stereocenters. The average molecular weight is 254 g/mol. The van der Waals surface area contributed by atoms with Gasteiger partial charge in [-0.1, -0.05) is 19.1 Å². The quantitative estimate of drug-likeness (QED) is 0.811. The van der Waals surface area contributed by atoms with Gasteiger partial charge in [-0.05, 0) is 37.5 Å². The highest BCUT2D eigenvalue weighted by atomic mass is 32.2. The maximum atomic E-state index is 12.1. The highest BCUT2D eigenvalue weighted by Crippen LogP contribution is 2.18. The Labute approximate surface area is 103 Å². The van der Waals surface area contributed by atoms with Gasteiger partial charge in [0.1, 0.15) is 11.5 Å². The zero-order chi connectivity index (χ0) is 13.1. The van der Waals surface area contributed by atoms with E-state index in [9.17, 15) is 13.2 Å². The fourth-order valence-electron chi connectivity index (χ4n) is 1.68. The molecule has 0 saturated heterocycles. The molecule has 17 heavy (non-hydrogen) atoms. The summed E-state index contributed by atoms with van der Waals surface area (Å²) in [6, 6.07) is 5.26. The summed E-state index contributed by atoms with van der Waals surface area (Å²) in [6.45, 7) is 5.45. The van der Waals surface area contributed by atoms with Crippen molar-refractivity contribution in [3.8, 4) is 0 Å². The van der Waals surface area contributed by atoms with Gasteiger partial charge in [0.05, 0.1) is 4.90 Å². The molecule has 0 aromatic heterocycles. The van der Waals surface area contributed by atoms with Gasteiger partial charge in [0, 0.05) is 6.42 Å². The maximum absolute atomic E-state index is 12.1. The van der Waals surface area contributed by atoms with Gasteiger partial charge in [-0.15, -0.1) is 0 Å². The monoisotopic (exact) mass is 254 g/mol. The van der Waals surface area contributed by atoms with E-state index in [1.807, 2.05) is 19.9 Å². The third kappa shape index (κ3) is 3.66. The average Bonchev–Trinajstić information content (AvgIpc) is 2.21. The molecule has 94 valence electrons. The molecule has 0 bridgehead atoms. The number of Topliss-reactive ketones (excluding diaryl/α,β-unsaturated/α-hetero) is 1. The van der Waals surface area contributed by atoms with Crippen LogP contribution in [0.15, 0.2) is 23.1 Å². The molecule has 0 saturated carbocycles. The van der Waals surface area contributed by atoms with Gasteiger partial charge in [-0.3, -0.25) is 4.79 Å². The summed E-state index contributed by atoms with van der Waals surface area (Å²) in [5, 5.41) is 0. The smallest absolute Gasteiger partial charge is 0.185 e. The molecular weight excluding hydrogens is 236 g/mol. The van der Waals surface area contributed by atoms with Gasteiger partial charge < -0.3 is 0 Å². The van der Waals surface area contributed by atoms with E-state index in [4.69, 9.17) is 0 Å². The first kappa shape index (κ1) is 13.9. The summed E-state index contributed by atoms with van der Waals surface area (Å²) >= 11 is 0. The van der Waals surface area contributed by atoms with Crippen molar-refractivity contribution < 1.29 is 13.2 Å². The minimum atomic E-state index is -3.48. The van der Waals surface area contributed by atoms with Crippen molar-refractivity contribution in [3.05, 3.63) is 29.3 Å². The Morgan fingerprint density at radius 3 is 2.47 bits per heavy atom. The van der Waals surface area contributed by atoms with Crippen LogP contribution >= 0.6 is 0 Å². The Morgan fingerprint density at radius 2 is 1.88 bits per heavy atom. The summed E-state index contributed by atoms with van der Waals surface area (Å²) in [5.41, 5.74) is 1.58. The summed E-state index contributed by atoms with van der Waals surface area (Å²) in [6.07, 6.45) is 1.01. The zero-order valence-electron chi connectivity index (χ0n) is 10.5. The van der Waals surface area contributed by atoms with Gasteiger partial charge in [0.2, 0.25) is 0 Å². The number of sulfone groups is 1. The molecular formula is C13H18O3S. The van der Waals surface area contributed by atoms with Crippen LogP contribution in [0.1, 0.15) is 30.9 Å². The van der Waals surface area contributed by atoms with Crippen molar-refractivity contribution in [3.63, 3.8) is 0 Å². The van der Waals surface area contributed by atoms with Gasteiger partial charge in [0.25, 0.3) is 0 Å². The largest absolute Gasteiger partial charge is 0.299 e. The zero-order valence-corrected chi connectivity index (χ0v) is 11.3. The molecule has 0 amide bonds. The molecule has 3 nitrogen and oxygen atoms in total. The SMILES string of the molecule is CCCC(=O)CS(=O)(=O)c1cc(C)ccc1C. The standard InChI is InChI=1S/C13H18O3S/c1-4-5-12(14)9-17(15,16)13-8-10(2)6-7-11(13)3/h6-8H,4-5,9H2,1-3H3. The first-order valence-electron chi connectivity index (χ1n) is 5.68. The molecule has 1 rings (SSSR count). The molecule has 0 radical (unpaired) electrons. The Balaban J connectivity index is 3.05. The number of carbonyl (C=O) groups is 1. The minimum absolute atomic E-state index is 0.214. The normalized spacial score (nSPS) is 11.5. The van der Waals surface area contributed by atoms with Crippen LogP contribution in [0, 0.1) is 13.8 Å². The van der Waals surface area contributed by atoms with Crippen LogP contribution in [0.4, 0.5) is 0 Å². The topological polar surface area (TPSA) is 51.2 Å². The van der Waals surface area contributed by atoms with Crippen LogP contribution in [0.25, 0.3) is 0 Å². The van der Waals surface area contributed by atoms with E-state index in [0.29, 0.717) is 18.4 Å². The predicted octanol–water partition coefficient (Wildman–Crippen LogP) is 2.45. The second-order valence-electron chi connectivity index (χ2n) is 4.32. The molecule has 0 spiro atoms. The van der Waals surface area contributed by atoms with Crippen LogP contribution in [0.3, 0.4) is 0 Å². The van der Waals surface area contributed by atoms with Crippen molar-refractivity contribution in [2.45, 2.75) is 38.5 Å². The second-order valence-corrected chi connectivity index (χ2v) is 6.27. The Hall–Kier alpha value is -1.16. The third-order valence-electron chi connectivity index (χ3n) is 2.56. The highest BCUT2D eigenvalue weighted by molar-refractivity contribution is 7.92. The van der Waals surface area contributed by atoms with Crippen molar-refractivity contribution in [1.29, 1.82) is 0 Å². The number of carbonyl (C=O) groups excluding carboxylic acids is 1. The molecule has 1 aromatic carbocycles. The van der Waals surface area contributed by atoms with E-state index in [2.05, 4.69) is 0 Å².